The minimum atomic E-state index is 0.146. The number of nitrogens with one attached hydrogen (secondary N) is 1. The fourth-order valence-electron chi connectivity index (χ4n) is 4.68. The van der Waals surface area contributed by atoms with Gasteiger partial charge in [-0.05, 0) is 99.3 Å². The SMILES string of the molecule is CC1=CCC(C)=C(c2cc(C(=O)C3=CCCC(c4ccc(C#N)cc4)CC3)ccc2C)N1. The van der Waals surface area contributed by atoms with Crippen LogP contribution >= 0.6 is 0 Å². The maximum atomic E-state index is 13.4. The minimum Gasteiger partial charge on any atom is -0.359 e. The molecule has 1 aliphatic carbocycles. The van der Waals surface area contributed by atoms with Gasteiger partial charge in [-0.25, -0.2) is 0 Å². The molecule has 2 aromatic carbocycles. The molecule has 2 aliphatic rings. The summed E-state index contributed by atoms with van der Waals surface area (Å²) in [6, 6.07) is 16.2. The van der Waals surface area contributed by atoms with Gasteiger partial charge in [0.1, 0.15) is 0 Å². The molecule has 1 aliphatic heterocycles. The maximum Gasteiger partial charge on any atom is 0.188 e. The highest BCUT2D eigenvalue weighted by molar-refractivity contribution is 6.09. The lowest BCUT2D eigenvalue weighted by Crippen LogP contribution is -2.16. The number of allylic oxidation sites excluding steroid dienone is 5. The van der Waals surface area contributed by atoms with Crippen LogP contribution in [0.4, 0.5) is 0 Å². The molecule has 2 aromatic rings. The first-order valence-corrected chi connectivity index (χ1v) is 11.4. The van der Waals surface area contributed by atoms with Gasteiger partial charge in [-0.15, -0.1) is 0 Å². The van der Waals surface area contributed by atoms with E-state index in [1.165, 1.54) is 16.7 Å². The van der Waals surface area contributed by atoms with Crippen molar-refractivity contribution in [1.29, 1.82) is 5.26 Å². The van der Waals surface area contributed by atoms with E-state index in [1.54, 1.807) is 0 Å². The average molecular weight is 423 g/mol. The van der Waals surface area contributed by atoms with E-state index < -0.39 is 0 Å². The van der Waals surface area contributed by atoms with Crippen molar-refractivity contribution in [2.24, 2.45) is 0 Å². The molecule has 1 N–H and O–H groups in total. The van der Waals surface area contributed by atoms with E-state index >= 15 is 0 Å². The van der Waals surface area contributed by atoms with Crippen molar-refractivity contribution in [3.8, 4) is 6.07 Å². The number of hydrogen-bond donors (Lipinski definition) is 1. The largest absolute Gasteiger partial charge is 0.359 e. The van der Waals surface area contributed by atoms with Gasteiger partial charge in [0.25, 0.3) is 0 Å². The van der Waals surface area contributed by atoms with Gasteiger partial charge in [0.05, 0.1) is 11.6 Å². The second-order valence-electron chi connectivity index (χ2n) is 9.01. The lowest BCUT2D eigenvalue weighted by Gasteiger charge is -2.22. The number of Topliss-reactive ketones (excluding diaryl/α,β-unsaturated/α-hetero) is 1. The van der Waals surface area contributed by atoms with Gasteiger partial charge in [-0.2, -0.15) is 5.26 Å². The van der Waals surface area contributed by atoms with Gasteiger partial charge >= 0.3 is 0 Å². The zero-order valence-electron chi connectivity index (χ0n) is 19.2. The number of carbonyl (C=O) groups is 1. The minimum absolute atomic E-state index is 0.146. The van der Waals surface area contributed by atoms with Crippen molar-refractivity contribution >= 4 is 11.5 Å². The van der Waals surface area contributed by atoms with Gasteiger partial charge in [0, 0.05) is 22.5 Å². The van der Waals surface area contributed by atoms with E-state index in [9.17, 15) is 4.79 Å². The van der Waals surface area contributed by atoms with E-state index in [0.29, 0.717) is 11.5 Å². The molecule has 0 amide bonds. The molecule has 4 rings (SSSR count). The maximum absolute atomic E-state index is 13.4. The number of hydrogen-bond acceptors (Lipinski definition) is 3. The quantitative estimate of drug-likeness (QED) is 0.542. The van der Waals surface area contributed by atoms with Crippen LogP contribution in [0.3, 0.4) is 0 Å². The fraction of sp³-hybridized carbons (Fsp3) is 0.310. The van der Waals surface area contributed by atoms with Crippen LogP contribution in [0.2, 0.25) is 0 Å². The van der Waals surface area contributed by atoms with Crippen LogP contribution in [0.15, 0.2) is 71.5 Å². The lowest BCUT2D eigenvalue weighted by atomic mass is 9.89. The number of aryl methyl sites for hydroxylation is 1. The monoisotopic (exact) mass is 422 g/mol. The number of carbonyl (C=O) groups excluding carboxylic acids is 1. The van der Waals surface area contributed by atoms with Crippen LogP contribution in [-0.4, -0.2) is 5.78 Å². The standard InChI is InChI=1S/C29H30N2O/c1-19-8-12-26(17-27(19)28-20(2)7-9-21(3)31-28)29(32)25-6-4-5-23(15-16-25)24-13-10-22(18-30)11-14-24/h6,8-14,17,23,31H,4-5,7,15-16H2,1-3H3. The van der Waals surface area contributed by atoms with E-state index in [4.69, 9.17) is 5.26 Å². The van der Waals surface area contributed by atoms with Crippen LogP contribution < -0.4 is 5.32 Å². The van der Waals surface area contributed by atoms with Crippen molar-refractivity contribution in [2.45, 2.75) is 58.8 Å². The Morgan fingerprint density at radius 3 is 2.56 bits per heavy atom. The summed E-state index contributed by atoms with van der Waals surface area (Å²) in [5, 5.41) is 12.5. The first-order chi connectivity index (χ1) is 15.5. The van der Waals surface area contributed by atoms with Gasteiger partial charge in [-0.1, -0.05) is 36.4 Å². The zero-order valence-corrected chi connectivity index (χ0v) is 19.2. The number of nitrogens with zero attached hydrogens (tertiary/aromatic N) is 1. The molecule has 0 fully saturated rings. The Kier molecular flexibility index (Phi) is 6.42. The molecule has 162 valence electrons. The number of rotatable bonds is 4. The Balaban J connectivity index is 1.52. The van der Waals surface area contributed by atoms with Crippen molar-refractivity contribution < 1.29 is 4.79 Å². The summed E-state index contributed by atoms with van der Waals surface area (Å²) in [6.07, 6.45) is 8.95. The summed E-state index contributed by atoms with van der Waals surface area (Å²) in [4.78, 5) is 13.4. The predicted molar refractivity (Wildman–Crippen MR) is 130 cm³/mol. The van der Waals surface area contributed by atoms with Crippen molar-refractivity contribution in [3.63, 3.8) is 0 Å². The Labute approximate surface area is 191 Å². The number of benzene rings is 2. The Hall–Kier alpha value is -3.38. The molecule has 3 nitrogen and oxygen atoms in total. The molecule has 0 saturated carbocycles. The summed E-state index contributed by atoms with van der Waals surface area (Å²) in [5.41, 5.74) is 9.52. The third-order valence-corrected chi connectivity index (χ3v) is 6.70. The molecule has 0 spiro atoms. The van der Waals surface area contributed by atoms with Crippen LogP contribution in [0.1, 0.15) is 84.5 Å². The van der Waals surface area contributed by atoms with Gasteiger partial charge in [0.2, 0.25) is 0 Å². The molecule has 0 radical (unpaired) electrons. The van der Waals surface area contributed by atoms with Crippen LogP contribution in [0.25, 0.3) is 5.70 Å². The smallest absolute Gasteiger partial charge is 0.188 e. The number of dihydropyridines is 1. The van der Waals surface area contributed by atoms with Crippen molar-refractivity contribution in [2.75, 3.05) is 0 Å². The molecule has 1 atom stereocenters. The Bertz CT molecular complexity index is 1170. The molecule has 1 heterocycles. The highest BCUT2D eigenvalue weighted by atomic mass is 16.1. The summed E-state index contributed by atoms with van der Waals surface area (Å²) in [7, 11) is 0. The Morgan fingerprint density at radius 2 is 1.81 bits per heavy atom. The lowest BCUT2D eigenvalue weighted by molar-refractivity contribution is 0.103. The first kappa shape index (κ1) is 21.8. The summed E-state index contributed by atoms with van der Waals surface area (Å²) in [5.74, 6) is 0.569. The highest BCUT2D eigenvalue weighted by Crippen LogP contribution is 2.33. The molecule has 0 aromatic heterocycles. The fourth-order valence-corrected chi connectivity index (χ4v) is 4.68. The third-order valence-electron chi connectivity index (χ3n) is 6.70. The summed E-state index contributed by atoms with van der Waals surface area (Å²) in [6.45, 7) is 6.33. The van der Waals surface area contributed by atoms with E-state index in [0.717, 1.165) is 60.2 Å². The van der Waals surface area contributed by atoms with Gasteiger partial charge < -0.3 is 5.32 Å². The van der Waals surface area contributed by atoms with Crippen molar-refractivity contribution in [1.82, 2.24) is 5.32 Å². The second kappa shape index (κ2) is 9.40. The molecule has 3 heteroatoms. The normalized spacial score (nSPS) is 18.8. The van der Waals surface area contributed by atoms with Gasteiger partial charge in [0.15, 0.2) is 5.78 Å². The van der Waals surface area contributed by atoms with E-state index in [2.05, 4.69) is 68.6 Å². The van der Waals surface area contributed by atoms with E-state index in [1.807, 2.05) is 18.2 Å². The number of nitriles is 1. The van der Waals surface area contributed by atoms with Crippen LogP contribution in [0.5, 0.6) is 0 Å². The molecular weight excluding hydrogens is 392 g/mol. The Morgan fingerprint density at radius 1 is 1.03 bits per heavy atom. The zero-order chi connectivity index (χ0) is 22.7. The average Bonchev–Trinajstić information content (AvgIpc) is 3.07. The molecule has 32 heavy (non-hydrogen) atoms. The first-order valence-electron chi connectivity index (χ1n) is 11.4. The van der Waals surface area contributed by atoms with Crippen molar-refractivity contribution in [3.05, 3.63) is 99.3 Å². The van der Waals surface area contributed by atoms with Gasteiger partial charge in [-0.3, -0.25) is 4.79 Å². The topological polar surface area (TPSA) is 52.9 Å². The molecule has 0 saturated heterocycles. The summed E-state index contributed by atoms with van der Waals surface area (Å²) < 4.78 is 0. The van der Waals surface area contributed by atoms with E-state index in [-0.39, 0.29) is 5.78 Å². The highest BCUT2D eigenvalue weighted by Gasteiger charge is 2.21. The number of ketones is 1. The second-order valence-corrected chi connectivity index (χ2v) is 9.01. The molecular formula is C29H30N2O. The third kappa shape index (κ3) is 4.60. The van der Waals surface area contributed by atoms with Crippen LogP contribution in [-0.2, 0) is 0 Å². The predicted octanol–water partition coefficient (Wildman–Crippen LogP) is 6.96. The van der Waals surface area contributed by atoms with Crippen LogP contribution in [0, 0.1) is 18.3 Å². The summed E-state index contributed by atoms with van der Waals surface area (Å²) >= 11 is 0. The molecule has 0 bridgehead atoms. The molecule has 1 unspecified atom stereocenters.